The van der Waals surface area contributed by atoms with Gasteiger partial charge in [-0.05, 0) is 32.0 Å². The van der Waals surface area contributed by atoms with E-state index in [1.54, 1.807) is 22.9 Å². The predicted molar refractivity (Wildman–Crippen MR) is 77.6 cm³/mol. The van der Waals surface area contributed by atoms with Crippen molar-refractivity contribution < 1.29 is 4.79 Å². The van der Waals surface area contributed by atoms with Gasteiger partial charge in [0.25, 0.3) is 0 Å². The molecule has 2 aromatic rings. The average Bonchev–Trinajstić information content (AvgIpc) is 2.80. The maximum absolute atomic E-state index is 12.3. The van der Waals surface area contributed by atoms with Gasteiger partial charge in [0, 0.05) is 21.1 Å². The molecule has 1 aromatic heterocycles. The lowest BCUT2D eigenvalue weighted by molar-refractivity contribution is 0.0988. The Morgan fingerprint density at radius 2 is 2.21 bits per heavy atom. The highest BCUT2D eigenvalue weighted by atomic mass is 79.9. The molecule has 0 aliphatic carbocycles. The average molecular weight is 343 g/mol. The molecule has 0 unspecified atom stereocenters. The molecule has 0 fully saturated rings. The number of ketones is 1. The zero-order chi connectivity index (χ0) is 14.0. The monoisotopic (exact) mass is 341 g/mol. The van der Waals surface area contributed by atoms with Gasteiger partial charge in [0.05, 0.1) is 6.42 Å². The second-order valence-corrected chi connectivity index (χ2v) is 5.73. The summed E-state index contributed by atoms with van der Waals surface area (Å²) in [4.78, 5) is 16.4. The molecule has 100 valence electrons. The maximum atomic E-state index is 12.3. The van der Waals surface area contributed by atoms with Crippen LogP contribution in [0.25, 0.3) is 0 Å². The van der Waals surface area contributed by atoms with Gasteiger partial charge in [-0.1, -0.05) is 27.5 Å². The van der Waals surface area contributed by atoms with Crippen LogP contribution >= 0.6 is 27.5 Å². The molecule has 0 radical (unpaired) electrons. The molecule has 0 saturated heterocycles. The zero-order valence-electron chi connectivity index (χ0n) is 10.6. The van der Waals surface area contributed by atoms with Crippen LogP contribution in [-0.4, -0.2) is 20.5 Å². The molecule has 2 rings (SSSR count). The smallest absolute Gasteiger partial charge is 0.171 e. The Bertz CT molecular complexity index is 610. The van der Waals surface area contributed by atoms with E-state index >= 15 is 0 Å². The van der Waals surface area contributed by atoms with E-state index in [9.17, 15) is 4.79 Å². The van der Waals surface area contributed by atoms with Crippen molar-refractivity contribution in [3.63, 3.8) is 0 Å². The molecular formula is C13H13BrClN3O. The van der Waals surface area contributed by atoms with Crippen LogP contribution < -0.4 is 0 Å². The lowest BCUT2D eigenvalue weighted by atomic mass is 10.1. The molecule has 0 spiro atoms. The van der Waals surface area contributed by atoms with Crippen molar-refractivity contribution in [2.75, 3.05) is 0 Å². The molecule has 0 bridgehead atoms. The van der Waals surface area contributed by atoms with Gasteiger partial charge in [-0.3, -0.25) is 4.79 Å². The molecule has 0 N–H and O–H groups in total. The van der Waals surface area contributed by atoms with E-state index in [1.807, 2.05) is 13.8 Å². The predicted octanol–water partition coefficient (Wildman–Crippen LogP) is 3.70. The maximum Gasteiger partial charge on any atom is 0.171 e. The van der Waals surface area contributed by atoms with Gasteiger partial charge in [-0.25, -0.2) is 9.67 Å². The minimum Gasteiger partial charge on any atom is -0.294 e. The first kappa shape index (κ1) is 14.2. The van der Waals surface area contributed by atoms with Crippen molar-refractivity contribution in [2.24, 2.45) is 0 Å². The number of benzene rings is 1. The summed E-state index contributed by atoms with van der Waals surface area (Å²) in [5, 5.41) is 4.66. The molecule has 19 heavy (non-hydrogen) atoms. The molecule has 1 aromatic carbocycles. The minimum atomic E-state index is -0.0377. The highest BCUT2D eigenvalue weighted by Gasteiger charge is 2.16. The molecule has 4 nitrogen and oxygen atoms in total. The van der Waals surface area contributed by atoms with Crippen LogP contribution in [0.5, 0.6) is 0 Å². The second kappa shape index (κ2) is 5.84. The Balaban J connectivity index is 2.26. The molecule has 0 aliphatic heterocycles. The Labute approximate surface area is 124 Å². The van der Waals surface area contributed by atoms with Crippen LogP contribution in [0.15, 0.2) is 29.0 Å². The molecule has 0 amide bonds. The van der Waals surface area contributed by atoms with Crippen LogP contribution in [0, 0.1) is 0 Å². The zero-order valence-corrected chi connectivity index (χ0v) is 12.9. The van der Waals surface area contributed by atoms with E-state index in [2.05, 4.69) is 26.0 Å². The summed E-state index contributed by atoms with van der Waals surface area (Å²) in [5.74, 6) is 0.621. The van der Waals surface area contributed by atoms with Gasteiger partial charge in [-0.15, -0.1) is 0 Å². The topological polar surface area (TPSA) is 47.8 Å². The van der Waals surface area contributed by atoms with Crippen LogP contribution in [0.2, 0.25) is 5.02 Å². The van der Waals surface area contributed by atoms with E-state index in [1.165, 1.54) is 6.33 Å². The molecule has 6 heteroatoms. The fourth-order valence-corrected chi connectivity index (χ4v) is 2.42. The number of carbonyl (C=O) groups is 1. The first-order chi connectivity index (χ1) is 8.99. The molecule has 1 heterocycles. The molecular weight excluding hydrogens is 330 g/mol. The summed E-state index contributed by atoms with van der Waals surface area (Å²) in [7, 11) is 0. The van der Waals surface area contributed by atoms with Crippen LogP contribution in [0.3, 0.4) is 0 Å². The lowest BCUT2D eigenvalue weighted by Gasteiger charge is -2.09. The van der Waals surface area contributed by atoms with Crippen LogP contribution in [0.4, 0.5) is 0 Å². The number of Topliss-reactive ketones (excluding diaryl/α,β-unsaturated/α-hetero) is 1. The summed E-state index contributed by atoms with van der Waals surface area (Å²) >= 11 is 9.28. The van der Waals surface area contributed by atoms with Crippen molar-refractivity contribution in [3.05, 3.63) is 45.4 Å². The summed E-state index contributed by atoms with van der Waals surface area (Å²) < 4.78 is 2.48. The molecule has 0 saturated carbocycles. The van der Waals surface area contributed by atoms with Crippen molar-refractivity contribution in [1.82, 2.24) is 14.8 Å². The SMILES string of the molecule is CC(C)n1ncnc1CC(=O)c1cc(Cl)ccc1Br. The van der Waals surface area contributed by atoms with Crippen LogP contribution in [-0.2, 0) is 6.42 Å². The third kappa shape index (κ3) is 3.22. The van der Waals surface area contributed by atoms with Crippen molar-refractivity contribution in [3.8, 4) is 0 Å². The van der Waals surface area contributed by atoms with E-state index < -0.39 is 0 Å². The van der Waals surface area contributed by atoms with E-state index in [0.29, 0.717) is 16.4 Å². The molecule has 0 atom stereocenters. The summed E-state index contributed by atoms with van der Waals surface area (Å²) in [6.45, 7) is 4.00. The van der Waals surface area contributed by atoms with Gasteiger partial charge < -0.3 is 0 Å². The Hall–Kier alpha value is -1.20. The summed E-state index contributed by atoms with van der Waals surface area (Å²) in [5.41, 5.74) is 0.561. The number of aromatic nitrogens is 3. The Morgan fingerprint density at radius 1 is 1.47 bits per heavy atom. The number of hydrogen-bond donors (Lipinski definition) is 0. The first-order valence-corrected chi connectivity index (χ1v) is 7.02. The van der Waals surface area contributed by atoms with Gasteiger partial charge in [0.2, 0.25) is 0 Å². The van der Waals surface area contributed by atoms with Gasteiger partial charge in [-0.2, -0.15) is 5.10 Å². The summed E-state index contributed by atoms with van der Waals surface area (Å²) in [6, 6.07) is 5.33. The Morgan fingerprint density at radius 3 is 2.89 bits per heavy atom. The fraction of sp³-hybridized carbons (Fsp3) is 0.308. The van der Waals surface area contributed by atoms with E-state index in [0.717, 1.165) is 4.47 Å². The number of halogens is 2. The van der Waals surface area contributed by atoms with Gasteiger partial charge >= 0.3 is 0 Å². The minimum absolute atomic E-state index is 0.0377. The lowest BCUT2D eigenvalue weighted by Crippen LogP contribution is -2.13. The van der Waals surface area contributed by atoms with Crippen LogP contribution in [0.1, 0.15) is 36.1 Å². The van der Waals surface area contributed by atoms with Crippen molar-refractivity contribution >= 4 is 33.3 Å². The fourth-order valence-electron chi connectivity index (χ4n) is 1.78. The number of carbonyl (C=O) groups excluding carboxylic acids is 1. The number of rotatable bonds is 4. The highest BCUT2D eigenvalue weighted by molar-refractivity contribution is 9.10. The normalized spacial score (nSPS) is 11.0. The standard InChI is InChI=1S/C13H13BrClN3O/c1-8(2)18-13(16-7-17-18)6-12(19)10-5-9(15)3-4-11(10)14/h3-5,7-8H,6H2,1-2H3. The van der Waals surface area contributed by atoms with E-state index in [4.69, 9.17) is 11.6 Å². The quantitative estimate of drug-likeness (QED) is 0.796. The highest BCUT2D eigenvalue weighted by Crippen LogP contribution is 2.22. The largest absolute Gasteiger partial charge is 0.294 e. The first-order valence-electron chi connectivity index (χ1n) is 5.85. The third-order valence-corrected chi connectivity index (χ3v) is 3.61. The van der Waals surface area contributed by atoms with E-state index in [-0.39, 0.29) is 18.2 Å². The number of hydrogen-bond acceptors (Lipinski definition) is 3. The van der Waals surface area contributed by atoms with Gasteiger partial charge in [0.1, 0.15) is 12.2 Å². The second-order valence-electron chi connectivity index (χ2n) is 4.44. The number of nitrogens with zero attached hydrogens (tertiary/aromatic N) is 3. The molecule has 0 aliphatic rings. The van der Waals surface area contributed by atoms with Crippen molar-refractivity contribution in [2.45, 2.75) is 26.3 Å². The van der Waals surface area contributed by atoms with Gasteiger partial charge in [0.15, 0.2) is 5.78 Å². The van der Waals surface area contributed by atoms with Crippen molar-refractivity contribution in [1.29, 1.82) is 0 Å². The third-order valence-electron chi connectivity index (χ3n) is 2.68. The Kier molecular flexibility index (Phi) is 4.37. The summed E-state index contributed by atoms with van der Waals surface area (Å²) in [6.07, 6.45) is 1.67.